The smallest absolute Gasteiger partial charge is 0.337 e. The number of nitrogens with zero attached hydrogens (tertiary/aromatic N) is 2. The molecule has 25 heavy (non-hydrogen) atoms. The number of esters is 1. The third kappa shape index (κ3) is 4.73. The van der Waals surface area contributed by atoms with E-state index in [1.54, 1.807) is 13.8 Å². The number of nitrogens with one attached hydrogen (secondary N) is 2. The zero-order valence-electron chi connectivity index (χ0n) is 13.6. The number of methoxy groups -OCH3 is 1. The maximum absolute atomic E-state index is 12.4. The van der Waals surface area contributed by atoms with Gasteiger partial charge in [-0.1, -0.05) is 31.3 Å². The number of amides is 1. The van der Waals surface area contributed by atoms with Gasteiger partial charge in [0, 0.05) is 11.6 Å². The number of ether oxygens (including phenoxy) is 1. The summed E-state index contributed by atoms with van der Waals surface area (Å²) in [6.07, 6.45) is 0. The lowest BCUT2D eigenvalue weighted by atomic mass is 10.2. The number of carbonyl (C=O) groups is 2. The van der Waals surface area contributed by atoms with E-state index in [0.29, 0.717) is 0 Å². The van der Waals surface area contributed by atoms with Gasteiger partial charge in [0.15, 0.2) is 0 Å². The second-order valence-corrected chi connectivity index (χ2v) is 8.03. The Bertz CT molecular complexity index is 892. The number of hydrogen-bond donors (Lipinski definition) is 2. The summed E-state index contributed by atoms with van der Waals surface area (Å²) < 4.78 is 31.3. The van der Waals surface area contributed by atoms with Gasteiger partial charge in [-0.25, -0.2) is 4.79 Å². The van der Waals surface area contributed by atoms with Gasteiger partial charge in [0.1, 0.15) is 0 Å². The molecule has 0 aliphatic heterocycles. The predicted octanol–water partition coefficient (Wildman–Crippen LogP) is 1.72. The molecule has 0 spiro atoms. The van der Waals surface area contributed by atoms with E-state index in [4.69, 9.17) is 0 Å². The first-order valence-corrected chi connectivity index (χ1v) is 9.38. The van der Waals surface area contributed by atoms with Crippen LogP contribution in [0.1, 0.15) is 24.2 Å². The average Bonchev–Trinajstić information content (AvgIpc) is 3.03. The topological polar surface area (TPSA) is 127 Å². The maximum atomic E-state index is 12.4. The van der Waals surface area contributed by atoms with Crippen molar-refractivity contribution in [3.63, 3.8) is 0 Å². The Morgan fingerprint density at radius 2 is 1.96 bits per heavy atom. The van der Waals surface area contributed by atoms with Crippen molar-refractivity contribution in [3.05, 3.63) is 29.8 Å². The van der Waals surface area contributed by atoms with Crippen molar-refractivity contribution in [1.29, 1.82) is 0 Å². The van der Waals surface area contributed by atoms with Crippen molar-refractivity contribution in [3.8, 4) is 0 Å². The Morgan fingerprint density at radius 1 is 1.24 bits per heavy atom. The summed E-state index contributed by atoms with van der Waals surface area (Å²) in [6, 6.07) is 5.82. The van der Waals surface area contributed by atoms with Crippen molar-refractivity contribution < 1.29 is 22.7 Å². The lowest BCUT2D eigenvalue weighted by Crippen LogP contribution is -2.17. The number of rotatable bonds is 6. The Labute approximate surface area is 148 Å². The van der Waals surface area contributed by atoms with Crippen LogP contribution in [-0.2, 0) is 19.6 Å². The quantitative estimate of drug-likeness (QED) is 0.573. The highest BCUT2D eigenvalue weighted by Crippen LogP contribution is 2.23. The van der Waals surface area contributed by atoms with Crippen LogP contribution < -0.4 is 10.0 Å². The van der Waals surface area contributed by atoms with Crippen LogP contribution in [0.4, 0.5) is 10.8 Å². The molecule has 0 radical (unpaired) electrons. The van der Waals surface area contributed by atoms with E-state index in [1.807, 2.05) is 0 Å². The van der Waals surface area contributed by atoms with Crippen LogP contribution in [0, 0.1) is 5.92 Å². The first-order valence-electron chi connectivity index (χ1n) is 7.08. The average molecular weight is 384 g/mol. The maximum Gasteiger partial charge on any atom is 0.337 e. The number of benzene rings is 1. The molecule has 0 unspecified atom stereocenters. The van der Waals surface area contributed by atoms with Crippen molar-refractivity contribution in [2.24, 2.45) is 5.92 Å². The molecule has 0 atom stereocenters. The summed E-state index contributed by atoms with van der Waals surface area (Å²) in [6.45, 7) is 3.40. The zero-order chi connectivity index (χ0) is 18.6. The first kappa shape index (κ1) is 18.8. The minimum Gasteiger partial charge on any atom is -0.465 e. The highest BCUT2D eigenvalue weighted by molar-refractivity contribution is 7.94. The van der Waals surface area contributed by atoms with Crippen molar-refractivity contribution in [2.45, 2.75) is 18.2 Å². The van der Waals surface area contributed by atoms with Gasteiger partial charge in [-0.15, -0.1) is 10.2 Å². The second kappa shape index (κ2) is 7.57. The van der Waals surface area contributed by atoms with Crippen LogP contribution in [0.5, 0.6) is 0 Å². The van der Waals surface area contributed by atoms with Crippen LogP contribution in [-0.4, -0.2) is 37.6 Å². The van der Waals surface area contributed by atoms with Gasteiger partial charge >= 0.3 is 5.97 Å². The molecule has 1 aromatic carbocycles. The molecule has 0 saturated heterocycles. The molecule has 2 aromatic rings. The Hall–Kier alpha value is -2.53. The fourth-order valence-corrected chi connectivity index (χ4v) is 3.60. The van der Waals surface area contributed by atoms with Gasteiger partial charge in [-0.2, -0.15) is 8.42 Å². The molecule has 0 aliphatic carbocycles. The molecule has 0 aliphatic rings. The number of sulfonamides is 1. The van der Waals surface area contributed by atoms with Gasteiger partial charge in [0.05, 0.1) is 12.7 Å². The zero-order valence-corrected chi connectivity index (χ0v) is 15.3. The molecule has 1 amide bonds. The van der Waals surface area contributed by atoms with E-state index >= 15 is 0 Å². The highest BCUT2D eigenvalue weighted by atomic mass is 32.2. The SMILES string of the molecule is COC(=O)c1cccc(NS(=O)(=O)c2nnc(NC(=O)C(C)C)s2)c1. The summed E-state index contributed by atoms with van der Waals surface area (Å²) >= 11 is 0.724. The van der Waals surface area contributed by atoms with E-state index in [2.05, 4.69) is 25.0 Å². The van der Waals surface area contributed by atoms with Crippen molar-refractivity contribution in [2.75, 3.05) is 17.1 Å². The summed E-state index contributed by atoms with van der Waals surface area (Å²) in [5.74, 6) is -1.15. The summed E-state index contributed by atoms with van der Waals surface area (Å²) in [5.41, 5.74) is 0.371. The molecule has 2 N–H and O–H groups in total. The van der Waals surface area contributed by atoms with Crippen molar-refractivity contribution in [1.82, 2.24) is 10.2 Å². The van der Waals surface area contributed by atoms with Gasteiger partial charge < -0.3 is 10.1 Å². The summed E-state index contributed by atoms with van der Waals surface area (Å²) in [7, 11) is -2.78. The predicted molar refractivity (Wildman–Crippen MR) is 92.0 cm³/mol. The van der Waals surface area contributed by atoms with Gasteiger partial charge in [-0.05, 0) is 18.2 Å². The van der Waals surface area contributed by atoms with E-state index in [9.17, 15) is 18.0 Å². The Kier molecular flexibility index (Phi) is 5.69. The van der Waals surface area contributed by atoms with Crippen LogP contribution >= 0.6 is 11.3 Å². The molecule has 9 nitrogen and oxygen atoms in total. The van der Waals surface area contributed by atoms with Gasteiger partial charge in [-0.3, -0.25) is 9.52 Å². The monoisotopic (exact) mass is 384 g/mol. The van der Waals surface area contributed by atoms with E-state index in [0.717, 1.165) is 11.3 Å². The van der Waals surface area contributed by atoms with Crippen LogP contribution in [0.2, 0.25) is 0 Å². The summed E-state index contributed by atoms with van der Waals surface area (Å²) in [4.78, 5) is 23.1. The fraction of sp³-hybridized carbons (Fsp3) is 0.286. The Balaban J connectivity index is 2.18. The fourth-order valence-electron chi connectivity index (χ4n) is 1.64. The molecular weight excluding hydrogens is 368 g/mol. The van der Waals surface area contributed by atoms with Crippen LogP contribution in [0.25, 0.3) is 0 Å². The van der Waals surface area contributed by atoms with Crippen molar-refractivity contribution >= 4 is 44.1 Å². The number of hydrogen-bond acceptors (Lipinski definition) is 8. The Morgan fingerprint density at radius 3 is 2.60 bits per heavy atom. The molecule has 0 fully saturated rings. The number of anilines is 2. The lowest BCUT2D eigenvalue weighted by Gasteiger charge is -2.06. The standard InChI is InChI=1S/C14H16N4O5S2/c1-8(2)11(19)15-13-16-17-14(24-13)25(21,22)18-10-6-4-5-9(7-10)12(20)23-3/h4-8,18H,1-3H3,(H,15,16,19). The third-order valence-electron chi connectivity index (χ3n) is 2.93. The minimum absolute atomic E-state index is 0.0855. The number of carbonyl (C=O) groups excluding carboxylic acids is 2. The second-order valence-electron chi connectivity index (χ2n) is 5.19. The largest absolute Gasteiger partial charge is 0.465 e. The van der Waals surface area contributed by atoms with E-state index in [1.165, 1.54) is 31.4 Å². The van der Waals surface area contributed by atoms with Crippen LogP contribution in [0.3, 0.4) is 0 Å². The highest BCUT2D eigenvalue weighted by Gasteiger charge is 2.22. The van der Waals surface area contributed by atoms with E-state index < -0.39 is 16.0 Å². The summed E-state index contributed by atoms with van der Waals surface area (Å²) in [5, 5.41) is 9.80. The molecule has 0 bridgehead atoms. The van der Waals surface area contributed by atoms with E-state index in [-0.39, 0.29) is 32.5 Å². The molecule has 0 saturated carbocycles. The minimum atomic E-state index is -4.01. The molecule has 134 valence electrons. The first-order chi connectivity index (χ1) is 11.7. The molecule has 1 heterocycles. The normalized spacial score (nSPS) is 11.2. The van der Waals surface area contributed by atoms with Gasteiger partial charge in [0.25, 0.3) is 14.4 Å². The molecule has 2 rings (SSSR count). The number of aromatic nitrogens is 2. The van der Waals surface area contributed by atoms with Crippen LogP contribution in [0.15, 0.2) is 28.6 Å². The molecular formula is C14H16N4O5S2. The van der Waals surface area contributed by atoms with Gasteiger partial charge in [0.2, 0.25) is 11.0 Å². The third-order valence-corrected chi connectivity index (χ3v) is 5.51. The molecule has 11 heteroatoms. The lowest BCUT2D eigenvalue weighted by molar-refractivity contribution is -0.118. The molecule has 1 aromatic heterocycles.